The van der Waals surface area contributed by atoms with E-state index >= 15 is 0 Å². The second kappa shape index (κ2) is 12.2. The maximum Gasteiger partial charge on any atom is 0.254 e. The smallest absolute Gasteiger partial charge is 0.254 e. The Kier molecular flexibility index (Phi) is 8.85. The number of hydrogen-bond donors (Lipinski definition) is 3. The maximum absolute atomic E-state index is 12.4. The topological polar surface area (TPSA) is 154 Å². The maximum atomic E-state index is 12.4. The van der Waals surface area contributed by atoms with Gasteiger partial charge in [-0.15, -0.1) is 21.8 Å². The van der Waals surface area contributed by atoms with Gasteiger partial charge in [-0.25, -0.2) is 4.98 Å². The molecule has 1 aromatic heterocycles. The molecule has 0 atom stereocenters. The van der Waals surface area contributed by atoms with E-state index in [1.54, 1.807) is 41.3 Å². The number of anilines is 2. The predicted molar refractivity (Wildman–Crippen MR) is 128 cm³/mol. The highest BCUT2D eigenvalue weighted by Gasteiger charge is 2.18. The normalized spacial score (nSPS) is 12.6. The molecule has 4 N–H and O–H groups in total. The van der Waals surface area contributed by atoms with Crippen molar-refractivity contribution >= 4 is 35.0 Å². The number of nitrogens with one attached hydrogen (secondary N) is 2. The lowest BCUT2D eigenvalue weighted by molar-refractivity contribution is 0.0303. The van der Waals surface area contributed by atoms with Crippen LogP contribution in [0.5, 0.6) is 0 Å². The van der Waals surface area contributed by atoms with Crippen LogP contribution in [0.4, 0.5) is 11.6 Å². The zero-order chi connectivity index (χ0) is 24.3. The molecule has 3 aromatic rings. The van der Waals surface area contributed by atoms with Crippen LogP contribution in [0.1, 0.15) is 27.2 Å². The quantitative estimate of drug-likeness (QED) is 0.287. The number of hydrogen-bond acceptors (Lipinski definition) is 8. The van der Waals surface area contributed by atoms with Crippen molar-refractivity contribution in [2.75, 3.05) is 31.6 Å². The Bertz CT molecular complexity index is 1140. The lowest BCUT2D eigenvalue weighted by Gasteiger charge is -2.26. The van der Waals surface area contributed by atoms with Crippen molar-refractivity contribution in [1.29, 1.82) is 10.7 Å². The first kappa shape index (κ1) is 24.6. The third kappa shape index (κ3) is 6.96. The number of nitriles is 1. The van der Waals surface area contributed by atoms with Crippen molar-refractivity contribution in [3.05, 3.63) is 77.1 Å². The molecule has 1 aliphatic rings. The summed E-state index contributed by atoms with van der Waals surface area (Å²) in [6.07, 6.45) is 1.37. The van der Waals surface area contributed by atoms with Gasteiger partial charge in [-0.05, 0) is 42.0 Å². The summed E-state index contributed by atoms with van der Waals surface area (Å²) in [4.78, 5) is 18.2. The minimum atomic E-state index is -0.187. The van der Waals surface area contributed by atoms with Gasteiger partial charge in [0.2, 0.25) is 5.95 Å². The Morgan fingerprint density at radius 2 is 1.82 bits per heavy atom. The van der Waals surface area contributed by atoms with Crippen molar-refractivity contribution in [1.82, 2.24) is 20.1 Å². The summed E-state index contributed by atoms with van der Waals surface area (Å²) in [5.41, 5.74) is 8.58. The number of nitrogens with two attached hydrogens (primary N) is 1. The second-order valence-electron chi connectivity index (χ2n) is 7.13. The monoisotopic (exact) mass is 478 g/mol. The number of halogens is 1. The van der Waals surface area contributed by atoms with Crippen LogP contribution in [-0.2, 0) is 10.6 Å². The molecule has 0 unspecified atom stereocenters. The van der Waals surface area contributed by atoms with Crippen molar-refractivity contribution < 1.29 is 9.53 Å². The number of carbonyl (C=O) groups excluding carboxylic acids is 1. The van der Waals surface area contributed by atoms with Crippen LogP contribution in [0.3, 0.4) is 0 Å². The number of carbonyl (C=O) groups is 1. The molecule has 34 heavy (non-hydrogen) atoms. The molecule has 174 valence electrons. The Morgan fingerprint density at radius 1 is 1.15 bits per heavy atom. The minimum Gasteiger partial charge on any atom is -0.382 e. The van der Waals surface area contributed by atoms with Gasteiger partial charge in [0.15, 0.2) is 0 Å². The SMILES string of the molecule is N#Cc1ccc(CCl)cc1.N=C(N)c1cnc(Nc2ccc(C(=O)N3CCOCC3)cc2)nn1. The molecular formula is C23H23ClN8O2. The van der Waals surface area contributed by atoms with Gasteiger partial charge in [0.25, 0.3) is 5.91 Å². The number of aromatic nitrogens is 3. The molecule has 1 fully saturated rings. The van der Waals surface area contributed by atoms with Crippen LogP contribution in [-0.4, -0.2) is 58.1 Å². The summed E-state index contributed by atoms with van der Waals surface area (Å²) in [5.74, 6) is 0.597. The van der Waals surface area contributed by atoms with E-state index in [2.05, 4.69) is 20.5 Å². The molecule has 0 aliphatic carbocycles. The molecule has 4 rings (SSSR count). The summed E-state index contributed by atoms with van der Waals surface area (Å²) in [6, 6.07) is 16.3. The van der Waals surface area contributed by atoms with Crippen LogP contribution < -0.4 is 11.1 Å². The van der Waals surface area contributed by atoms with Crippen molar-refractivity contribution in [3.8, 4) is 6.07 Å². The summed E-state index contributed by atoms with van der Waals surface area (Å²) < 4.78 is 5.25. The Hall–Kier alpha value is -4.07. The van der Waals surface area contributed by atoms with E-state index in [0.717, 1.165) is 11.3 Å². The fraction of sp³-hybridized carbons (Fsp3) is 0.217. The number of morpholine rings is 1. The van der Waals surface area contributed by atoms with Gasteiger partial charge in [0.05, 0.1) is 31.0 Å². The third-order valence-corrected chi connectivity index (χ3v) is 5.07. The van der Waals surface area contributed by atoms with Crippen LogP contribution in [0.2, 0.25) is 0 Å². The van der Waals surface area contributed by atoms with Crippen molar-refractivity contribution in [2.24, 2.45) is 5.73 Å². The summed E-state index contributed by atoms with van der Waals surface area (Å²) in [5, 5.41) is 26.3. The molecule has 0 bridgehead atoms. The second-order valence-corrected chi connectivity index (χ2v) is 7.40. The fourth-order valence-corrected chi connectivity index (χ4v) is 3.08. The van der Waals surface area contributed by atoms with Gasteiger partial charge in [0.1, 0.15) is 11.5 Å². The number of benzene rings is 2. The van der Waals surface area contributed by atoms with E-state index in [-0.39, 0.29) is 23.4 Å². The number of nitrogen functional groups attached to an aromatic ring is 1. The van der Waals surface area contributed by atoms with Gasteiger partial charge in [-0.3, -0.25) is 10.2 Å². The van der Waals surface area contributed by atoms with Gasteiger partial charge < -0.3 is 20.7 Å². The highest BCUT2D eigenvalue weighted by atomic mass is 35.5. The van der Waals surface area contributed by atoms with Crippen LogP contribution in [0.25, 0.3) is 0 Å². The van der Waals surface area contributed by atoms with Crippen molar-refractivity contribution in [3.63, 3.8) is 0 Å². The van der Waals surface area contributed by atoms with Crippen molar-refractivity contribution in [2.45, 2.75) is 5.88 Å². The Morgan fingerprint density at radius 3 is 2.35 bits per heavy atom. The first-order chi connectivity index (χ1) is 16.5. The predicted octanol–water partition coefficient (Wildman–Crippen LogP) is 2.67. The number of alkyl halides is 1. The number of ether oxygens (including phenoxy) is 1. The molecule has 2 aromatic carbocycles. The average molecular weight is 479 g/mol. The number of amides is 1. The highest BCUT2D eigenvalue weighted by molar-refractivity contribution is 6.17. The van der Waals surface area contributed by atoms with Crippen LogP contribution in [0, 0.1) is 16.7 Å². The fourth-order valence-electron chi connectivity index (χ4n) is 2.90. The summed E-state index contributed by atoms with van der Waals surface area (Å²) in [7, 11) is 0. The average Bonchev–Trinajstić information content (AvgIpc) is 2.90. The number of nitrogens with zero attached hydrogens (tertiary/aromatic N) is 5. The van der Waals surface area contributed by atoms with Crippen LogP contribution in [0.15, 0.2) is 54.7 Å². The first-order valence-corrected chi connectivity index (χ1v) is 10.9. The summed E-state index contributed by atoms with van der Waals surface area (Å²) in [6.45, 7) is 2.37. The molecule has 0 radical (unpaired) electrons. The molecule has 2 heterocycles. The van der Waals surface area contributed by atoms with E-state index < -0.39 is 0 Å². The Balaban J connectivity index is 0.000000271. The molecule has 0 saturated carbocycles. The summed E-state index contributed by atoms with van der Waals surface area (Å²) >= 11 is 5.54. The zero-order valence-electron chi connectivity index (χ0n) is 18.2. The van der Waals surface area contributed by atoms with Gasteiger partial charge >= 0.3 is 0 Å². The largest absolute Gasteiger partial charge is 0.382 e. The lowest BCUT2D eigenvalue weighted by Crippen LogP contribution is -2.40. The van der Waals surface area contributed by atoms with E-state index in [4.69, 9.17) is 32.7 Å². The molecule has 0 spiro atoms. The first-order valence-electron chi connectivity index (χ1n) is 10.3. The van der Waals surface area contributed by atoms with Gasteiger partial charge in [0, 0.05) is 30.2 Å². The molecule has 10 nitrogen and oxygen atoms in total. The molecule has 1 aliphatic heterocycles. The van der Waals surface area contributed by atoms with Gasteiger partial charge in [-0.2, -0.15) is 5.26 Å². The van der Waals surface area contributed by atoms with E-state index in [1.807, 2.05) is 18.2 Å². The Labute approximate surface area is 201 Å². The standard InChI is InChI=1S/C15H17N7O2.C8H6ClN/c16-13(17)12-9-18-15(21-20-12)19-11-3-1-10(2-4-11)14(23)22-5-7-24-8-6-22;9-5-7-1-3-8(6-10)4-2-7/h1-4,9H,5-8H2,(H3,16,17)(H,18,19,21);1-4H,5H2. The zero-order valence-corrected chi connectivity index (χ0v) is 19.0. The van der Waals surface area contributed by atoms with Gasteiger partial charge in [-0.1, -0.05) is 12.1 Å². The van der Waals surface area contributed by atoms with E-state index in [9.17, 15) is 4.79 Å². The lowest BCUT2D eigenvalue weighted by atomic mass is 10.1. The highest BCUT2D eigenvalue weighted by Crippen LogP contribution is 2.15. The molecular weight excluding hydrogens is 456 g/mol. The number of rotatable bonds is 5. The molecule has 1 amide bonds. The number of amidine groups is 1. The molecule has 1 saturated heterocycles. The van der Waals surface area contributed by atoms with E-state index in [0.29, 0.717) is 43.3 Å². The molecule has 11 heteroatoms. The minimum absolute atomic E-state index is 0.00595. The van der Waals surface area contributed by atoms with E-state index in [1.165, 1.54) is 6.20 Å². The third-order valence-electron chi connectivity index (χ3n) is 4.76. The van der Waals surface area contributed by atoms with Crippen LogP contribution >= 0.6 is 11.6 Å².